The summed E-state index contributed by atoms with van der Waals surface area (Å²) in [6.07, 6.45) is 1.67. The van der Waals surface area contributed by atoms with Crippen molar-refractivity contribution in [2.75, 3.05) is 26.7 Å². The van der Waals surface area contributed by atoms with Gasteiger partial charge in [-0.15, -0.1) is 0 Å². The predicted molar refractivity (Wildman–Crippen MR) is 67.4 cm³/mol. The molecule has 0 aromatic carbocycles. The molecule has 0 fully saturated rings. The average Bonchev–Trinajstić information content (AvgIpc) is 2.65. The molecule has 6 nitrogen and oxygen atoms in total. The van der Waals surface area contributed by atoms with Gasteiger partial charge in [0.15, 0.2) is 0 Å². The molecule has 2 amide bonds. The van der Waals surface area contributed by atoms with Crippen LogP contribution < -0.4 is 5.32 Å². The second-order valence-corrected chi connectivity index (χ2v) is 4.28. The zero-order valence-electron chi connectivity index (χ0n) is 11.2. The number of aliphatic hydroxyl groups is 1. The molecule has 6 heteroatoms. The number of rotatable bonds is 6. The van der Waals surface area contributed by atoms with E-state index in [4.69, 9.17) is 9.63 Å². The highest BCUT2D eigenvalue weighted by atomic mass is 16.5. The monoisotopic (exact) mass is 255 g/mol. The third-order valence-electron chi connectivity index (χ3n) is 2.84. The Hall–Kier alpha value is -1.56. The number of likely N-dealkylation sites (N-methyl/N-ethyl adjacent to an activating group) is 1. The molecule has 0 saturated carbocycles. The van der Waals surface area contributed by atoms with Gasteiger partial charge >= 0.3 is 6.03 Å². The summed E-state index contributed by atoms with van der Waals surface area (Å²) in [4.78, 5) is 13.0. The lowest BCUT2D eigenvalue weighted by Crippen LogP contribution is -2.39. The number of aromatic nitrogens is 1. The first kappa shape index (κ1) is 14.5. The van der Waals surface area contributed by atoms with Crippen LogP contribution in [0.15, 0.2) is 4.52 Å². The Morgan fingerprint density at radius 1 is 1.50 bits per heavy atom. The second-order valence-electron chi connectivity index (χ2n) is 4.28. The Kier molecular flexibility index (Phi) is 5.64. The van der Waals surface area contributed by atoms with E-state index in [9.17, 15) is 4.79 Å². The van der Waals surface area contributed by atoms with E-state index >= 15 is 0 Å². The lowest BCUT2D eigenvalue weighted by atomic mass is 10.1. The maximum absolute atomic E-state index is 11.5. The summed E-state index contributed by atoms with van der Waals surface area (Å²) in [6, 6.07) is -0.164. The van der Waals surface area contributed by atoms with Crippen molar-refractivity contribution in [1.29, 1.82) is 0 Å². The first-order chi connectivity index (χ1) is 8.56. The van der Waals surface area contributed by atoms with Gasteiger partial charge in [-0.2, -0.15) is 0 Å². The average molecular weight is 255 g/mol. The minimum absolute atomic E-state index is 0.0248. The van der Waals surface area contributed by atoms with Gasteiger partial charge in [0.1, 0.15) is 5.76 Å². The molecule has 2 N–H and O–H groups in total. The molecule has 0 radical (unpaired) electrons. The first-order valence-electron chi connectivity index (χ1n) is 6.07. The third-order valence-corrected chi connectivity index (χ3v) is 2.84. The highest BCUT2D eigenvalue weighted by molar-refractivity contribution is 5.73. The Bertz CT molecular complexity index is 370. The molecule has 1 rings (SSSR count). The van der Waals surface area contributed by atoms with E-state index in [0.717, 1.165) is 29.9 Å². The van der Waals surface area contributed by atoms with Crippen LogP contribution in [-0.2, 0) is 6.42 Å². The van der Waals surface area contributed by atoms with Gasteiger partial charge in [0.05, 0.1) is 12.3 Å². The van der Waals surface area contributed by atoms with Gasteiger partial charge in [-0.25, -0.2) is 4.79 Å². The van der Waals surface area contributed by atoms with Crippen LogP contribution in [0.2, 0.25) is 0 Å². The summed E-state index contributed by atoms with van der Waals surface area (Å²) in [5.74, 6) is 0.844. The van der Waals surface area contributed by atoms with E-state index in [1.807, 2.05) is 13.8 Å². The van der Waals surface area contributed by atoms with E-state index in [-0.39, 0.29) is 12.6 Å². The molecule has 1 aromatic heterocycles. The van der Waals surface area contributed by atoms with E-state index in [1.165, 1.54) is 4.90 Å². The van der Waals surface area contributed by atoms with Crippen LogP contribution in [0, 0.1) is 13.8 Å². The molecule has 0 bridgehead atoms. The van der Waals surface area contributed by atoms with Crippen LogP contribution in [0.3, 0.4) is 0 Å². The van der Waals surface area contributed by atoms with E-state index in [2.05, 4.69) is 10.5 Å². The van der Waals surface area contributed by atoms with Gasteiger partial charge in [0.25, 0.3) is 0 Å². The van der Waals surface area contributed by atoms with Crippen molar-refractivity contribution in [2.24, 2.45) is 0 Å². The minimum atomic E-state index is -0.164. The number of aliphatic hydroxyl groups excluding tert-OH is 1. The molecular weight excluding hydrogens is 234 g/mol. The fourth-order valence-corrected chi connectivity index (χ4v) is 1.71. The van der Waals surface area contributed by atoms with Crippen LogP contribution in [0.5, 0.6) is 0 Å². The summed E-state index contributed by atoms with van der Waals surface area (Å²) in [7, 11) is 1.65. The van der Waals surface area contributed by atoms with Crippen molar-refractivity contribution in [1.82, 2.24) is 15.4 Å². The number of urea groups is 1. The van der Waals surface area contributed by atoms with Crippen LogP contribution in [0.25, 0.3) is 0 Å². The molecular formula is C12H21N3O3. The topological polar surface area (TPSA) is 78.6 Å². The zero-order chi connectivity index (χ0) is 13.5. The largest absolute Gasteiger partial charge is 0.395 e. The molecule has 0 spiro atoms. The lowest BCUT2D eigenvalue weighted by Gasteiger charge is -2.16. The fourth-order valence-electron chi connectivity index (χ4n) is 1.71. The van der Waals surface area contributed by atoms with Gasteiger partial charge in [-0.3, -0.25) is 0 Å². The van der Waals surface area contributed by atoms with Crippen molar-refractivity contribution in [3.05, 3.63) is 17.0 Å². The third kappa shape index (κ3) is 4.03. The standard InChI is InChI=1S/C12H21N3O3/c1-9-11(10(2)18-14-9)5-4-6-13-12(17)15(3)7-8-16/h16H,4-8H2,1-3H3,(H,13,17). The zero-order valence-corrected chi connectivity index (χ0v) is 11.2. The summed E-state index contributed by atoms with van der Waals surface area (Å²) in [5, 5.41) is 15.4. The van der Waals surface area contributed by atoms with Crippen LogP contribution in [0.4, 0.5) is 4.79 Å². The van der Waals surface area contributed by atoms with Crippen molar-refractivity contribution in [2.45, 2.75) is 26.7 Å². The van der Waals surface area contributed by atoms with Crippen molar-refractivity contribution in [3.8, 4) is 0 Å². The molecule has 0 atom stereocenters. The highest BCUT2D eigenvalue weighted by Crippen LogP contribution is 2.13. The number of aryl methyl sites for hydroxylation is 2. The summed E-state index contributed by atoms with van der Waals surface area (Å²) >= 11 is 0. The van der Waals surface area contributed by atoms with Crippen molar-refractivity contribution >= 4 is 6.03 Å². The molecule has 0 saturated heterocycles. The number of hydrogen-bond donors (Lipinski definition) is 2. The quantitative estimate of drug-likeness (QED) is 0.739. The van der Waals surface area contributed by atoms with Crippen LogP contribution >= 0.6 is 0 Å². The van der Waals surface area contributed by atoms with E-state index in [0.29, 0.717) is 13.1 Å². The maximum atomic E-state index is 11.5. The fraction of sp³-hybridized carbons (Fsp3) is 0.667. The van der Waals surface area contributed by atoms with Gasteiger partial charge in [-0.1, -0.05) is 5.16 Å². The Morgan fingerprint density at radius 3 is 2.78 bits per heavy atom. The Balaban J connectivity index is 2.25. The molecule has 1 aromatic rings. The number of carbonyl (C=O) groups is 1. The number of nitrogens with one attached hydrogen (secondary N) is 1. The normalized spacial score (nSPS) is 10.4. The molecule has 0 aliphatic carbocycles. The predicted octanol–water partition coefficient (Wildman–Crippen LogP) is 0.858. The van der Waals surface area contributed by atoms with E-state index < -0.39 is 0 Å². The molecule has 1 heterocycles. The summed E-state index contributed by atoms with van der Waals surface area (Å²) in [5.41, 5.74) is 2.03. The summed E-state index contributed by atoms with van der Waals surface area (Å²) in [6.45, 7) is 4.72. The Morgan fingerprint density at radius 2 is 2.22 bits per heavy atom. The lowest BCUT2D eigenvalue weighted by molar-refractivity contribution is 0.190. The van der Waals surface area contributed by atoms with Crippen molar-refractivity contribution < 1.29 is 14.4 Å². The molecule has 0 aliphatic heterocycles. The van der Waals surface area contributed by atoms with Gasteiger partial charge in [0, 0.05) is 25.7 Å². The number of hydrogen-bond acceptors (Lipinski definition) is 4. The maximum Gasteiger partial charge on any atom is 0.317 e. The molecule has 0 unspecified atom stereocenters. The van der Waals surface area contributed by atoms with Crippen molar-refractivity contribution in [3.63, 3.8) is 0 Å². The summed E-state index contributed by atoms with van der Waals surface area (Å²) < 4.78 is 5.07. The number of carbonyl (C=O) groups excluding carboxylic acids is 1. The Labute approximate surface area is 107 Å². The smallest absolute Gasteiger partial charge is 0.317 e. The molecule has 102 valence electrons. The molecule has 18 heavy (non-hydrogen) atoms. The highest BCUT2D eigenvalue weighted by Gasteiger charge is 2.09. The number of amides is 2. The van der Waals surface area contributed by atoms with Crippen LogP contribution in [0.1, 0.15) is 23.4 Å². The van der Waals surface area contributed by atoms with Gasteiger partial charge in [0.2, 0.25) is 0 Å². The van der Waals surface area contributed by atoms with Gasteiger partial charge in [-0.05, 0) is 26.7 Å². The second kappa shape index (κ2) is 7.00. The SMILES string of the molecule is Cc1noc(C)c1CCCNC(=O)N(C)CCO. The number of nitrogens with zero attached hydrogens (tertiary/aromatic N) is 2. The first-order valence-corrected chi connectivity index (χ1v) is 6.07. The minimum Gasteiger partial charge on any atom is -0.395 e. The van der Waals surface area contributed by atoms with Crippen LogP contribution in [-0.4, -0.2) is 47.9 Å². The molecule has 0 aliphatic rings. The van der Waals surface area contributed by atoms with E-state index in [1.54, 1.807) is 7.05 Å². The van der Waals surface area contributed by atoms with Gasteiger partial charge < -0.3 is 19.8 Å².